The van der Waals surface area contributed by atoms with E-state index >= 15 is 0 Å². The Morgan fingerprint density at radius 1 is 1.10 bits per heavy atom. The molecule has 0 aliphatic heterocycles. The number of phenols is 2. The van der Waals surface area contributed by atoms with Gasteiger partial charge in [-0.05, 0) is 30.7 Å². The van der Waals surface area contributed by atoms with Crippen LogP contribution in [0, 0.1) is 17.0 Å². The second-order valence-corrected chi connectivity index (χ2v) is 4.29. The molecule has 2 aromatic carbocycles. The topological polar surface area (TPSA) is 113 Å². The lowest BCUT2D eigenvalue weighted by Crippen LogP contribution is -2.25. The Labute approximate surface area is 114 Å². The summed E-state index contributed by atoms with van der Waals surface area (Å²) in [5.74, 6) is 5.53. The Kier molecular flexibility index (Phi) is 3.45. The fourth-order valence-electron chi connectivity index (χ4n) is 1.77. The van der Waals surface area contributed by atoms with Crippen LogP contribution in [0.2, 0.25) is 0 Å². The van der Waals surface area contributed by atoms with Crippen molar-refractivity contribution in [2.24, 2.45) is 5.84 Å². The molecule has 2 rings (SSSR count). The molecule has 0 radical (unpaired) electrons. The minimum Gasteiger partial charge on any atom is -0.506 e. The number of benzene rings is 2. The van der Waals surface area contributed by atoms with E-state index < -0.39 is 4.92 Å². The van der Waals surface area contributed by atoms with Crippen LogP contribution in [0.3, 0.4) is 0 Å². The first-order valence-electron chi connectivity index (χ1n) is 5.72. The molecule has 0 aliphatic carbocycles. The third-order valence-electron chi connectivity index (χ3n) is 2.82. The van der Waals surface area contributed by atoms with Crippen LogP contribution in [0.15, 0.2) is 36.4 Å². The maximum absolute atomic E-state index is 10.8. The predicted molar refractivity (Wildman–Crippen MR) is 73.9 cm³/mol. The van der Waals surface area contributed by atoms with Crippen LogP contribution in [0.1, 0.15) is 5.56 Å². The number of non-ortho nitro benzene ring substituents is 1. The molecule has 2 aromatic rings. The van der Waals surface area contributed by atoms with E-state index in [0.717, 1.165) is 16.6 Å². The number of phenolic OH excluding ortho intramolecular Hbond substituents is 2. The van der Waals surface area contributed by atoms with E-state index in [0.29, 0.717) is 0 Å². The monoisotopic (exact) mass is 275 g/mol. The van der Waals surface area contributed by atoms with E-state index in [1.54, 1.807) is 12.1 Å². The highest BCUT2D eigenvalue weighted by Crippen LogP contribution is 2.37. The fourth-order valence-corrected chi connectivity index (χ4v) is 1.77. The third-order valence-corrected chi connectivity index (χ3v) is 2.82. The summed E-state index contributed by atoms with van der Waals surface area (Å²) < 4.78 is 0. The Balaban J connectivity index is 2.52. The van der Waals surface area contributed by atoms with Crippen molar-refractivity contribution in [3.05, 3.63) is 52.1 Å². The molecular weight excluding hydrogens is 262 g/mol. The van der Waals surface area contributed by atoms with Gasteiger partial charge in [-0.25, -0.2) is 5.84 Å². The molecule has 0 bridgehead atoms. The first-order chi connectivity index (χ1) is 9.40. The number of aromatic hydroxyl groups is 2. The Hall–Kier alpha value is -2.80. The molecular formula is C13H13N3O4. The number of nitrogens with two attached hydrogens (primary N) is 1. The predicted octanol–water partition coefficient (Wildman–Crippen LogP) is 2.33. The van der Waals surface area contributed by atoms with Gasteiger partial charge in [0.05, 0.1) is 10.6 Å². The number of anilines is 2. The number of nitro groups is 1. The summed E-state index contributed by atoms with van der Waals surface area (Å²) >= 11 is 0. The first-order valence-corrected chi connectivity index (χ1v) is 5.72. The summed E-state index contributed by atoms with van der Waals surface area (Å²) in [5.41, 5.74) is 0.902. The molecule has 0 heterocycles. The molecule has 0 saturated carbocycles. The second kappa shape index (κ2) is 5.06. The van der Waals surface area contributed by atoms with Crippen LogP contribution in [0.5, 0.6) is 11.5 Å². The van der Waals surface area contributed by atoms with E-state index in [-0.39, 0.29) is 28.6 Å². The van der Waals surface area contributed by atoms with Crippen molar-refractivity contribution in [3.8, 4) is 11.5 Å². The average molecular weight is 275 g/mol. The van der Waals surface area contributed by atoms with Crippen molar-refractivity contribution in [2.75, 3.05) is 5.01 Å². The normalized spacial score (nSPS) is 10.3. The maximum Gasteiger partial charge on any atom is 0.271 e. The molecule has 20 heavy (non-hydrogen) atoms. The molecule has 0 spiro atoms. The summed E-state index contributed by atoms with van der Waals surface area (Å²) in [6.07, 6.45) is 0. The fraction of sp³-hybridized carbons (Fsp3) is 0.0769. The molecule has 0 amide bonds. The highest BCUT2D eigenvalue weighted by molar-refractivity contribution is 5.73. The van der Waals surface area contributed by atoms with Crippen molar-refractivity contribution in [2.45, 2.75) is 6.92 Å². The van der Waals surface area contributed by atoms with Gasteiger partial charge in [0, 0.05) is 12.1 Å². The van der Waals surface area contributed by atoms with E-state index in [1.807, 2.05) is 6.92 Å². The van der Waals surface area contributed by atoms with Crippen LogP contribution in [-0.2, 0) is 0 Å². The van der Waals surface area contributed by atoms with Gasteiger partial charge in [-0.2, -0.15) is 0 Å². The molecule has 7 nitrogen and oxygen atoms in total. The van der Waals surface area contributed by atoms with Gasteiger partial charge >= 0.3 is 0 Å². The van der Waals surface area contributed by atoms with Crippen molar-refractivity contribution < 1.29 is 15.1 Å². The van der Waals surface area contributed by atoms with Crippen LogP contribution in [-0.4, -0.2) is 15.1 Å². The van der Waals surface area contributed by atoms with Gasteiger partial charge in [0.1, 0.15) is 17.2 Å². The molecule has 0 unspecified atom stereocenters. The molecule has 104 valence electrons. The molecule has 0 atom stereocenters. The highest BCUT2D eigenvalue weighted by Gasteiger charge is 2.17. The number of hydrogen-bond acceptors (Lipinski definition) is 6. The minimum atomic E-state index is -0.590. The molecule has 7 heteroatoms. The molecule has 4 N–H and O–H groups in total. The van der Waals surface area contributed by atoms with E-state index in [4.69, 9.17) is 5.84 Å². The van der Waals surface area contributed by atoms with E-state index in [1.165, 1.54) is 18.2 Å². The van der Waals surface area contributed by atoms with Crippen LogP contribution < -0.4 is 10.9 Å². The van der Waals surface area contributed by atoms with Crippen LogP contribution in [0.4, 0.5) is 17.1 Å². The van der Waals surface area contributed by atoms with Crippen molar-refractivity contribution in [1.29, 1.82) is 0 Å². The second-order valence-electron chi connectivity index (χ2n) is 4.29. The maximum atomic E-state index is 10.8. The van der Waals surface area contributed by atoms with Crippen molar-refractivity contribution in [1.82, 2.24) is 0 Å². The SMILES string of the molecule is Cc1ccc(O)c(N(N)c2cc([N+](=O)[O-])ccc2O)c1. The van der Waals surface area contributed by atoms with Gasteiger partial charge in [0.2, 0.25) is 0 Å². The lowest BCUT2D eigenvalue weighted by molar-refractivity contribution is -0.384. The summed E-state index contributed by atoms with van der Waals surface area (Å²) in [6.45, 7) is 1.81. The Morgan fingerprint density at radius 3 is 2.25 bits per heavy atom. The van der Waals surface area contributed by atoms with Gasteiger partial charge in [0.25, 0.3) is 5.69 Å². The zero-order chi connectivity index (χ0) is 14.9. The quantitative estimate of drug-likeness (QED) is 0.450. The van der Waals surface area contributed by atoms with Gasteiger partial charge in [-0.15, -0.1) is 0 Å². The Bertz CT molecular complexity index is 673. The lowest BCUT2D eigenvalue weighted by atomic mass is 10.2. The van der Waals surface area contributed by atoms with Crippen molar-refractivity contribution >= 4 is 17.1 Å². The zero-order valence-electron chi connectivity index (χ0n) is 10.6. The average Bonchev–Trinajstić information content (AvgIpc) is 2.41. The van der Waals surface area contributed by atoms with Crippen molar-refractivity contribution in [3.63, 3.8) is 0 Å². The number of nitro benzene ring substituents is 1. The Morgan fingerprint density at radius 2 is 1.65 bits per heavy atom. The highest BCUT2D eigenvalue weighted by atomic mass is 16.6. The number of aryl methyl sites for hydroxylation is 1. The summed E-state index contributed by atoms with van der Waals surface area (Å²) in [6, 6.07) is 8.24. The van der Waals surface area contributed by atoms with E-state index in [2.05, 4.69) is 0 Å². The number of hydrazine groups is 1. The van der Waals surface area contributed by atoms with Crippen LogP contribution >= 0.6 is 0 Å². The van der Waals surface area contributed by atoms with Gasteiger partial charge in [-0.3, -0.25) is 15.1 Å². The van der Waals surface area contributed by atoms with Crippen LogP contribution in [0.25, 0.3) is 0 Å². The lowest BCUT2D eigenvalue weighted by Gasteiger charge is -2.21. The third kappa shape index (κ3) is 2.47. The largest absolute Gasteiger partial charge is 0.506 e. The summed E-state index contributed by atoms with van der Waals surface area (Å²) in [4.78, 5) is 10.2. The van der Waals surface area contributed by atoms with Gasteiger partial charge in [-0.1, -0.05) is 6.07 Å². The molecule has 0 aliphatic rings. The number of hydrogen-bond donors (Lipinski definition) is 3. The van der Waals surface area contributed by atoms with E-state index in [9.17, 15) is 20.3 Å². The number of rotatable bonds is 3. The zero-order valence-corrected chi connectivity index (χ0v) is 10.6. The summed E-state index contributed by atoms with van der Waals surface area (Å²) in [7, 11) is 0. The minimum absolute atomic E-state index is 0.0279. The molecule has 0 aromatic heterocycles. The smallest absolute Gasteiger partial charge is 0.271 e. The number of nitrogens with zero attached hydrogens (tertiary/aromatic N) is 2. The standard InChI is InChI=1S/C13H13N3O4/c1-8-2-4-12(17)10(6-8)15(14)11-7-9(16(19)20)3-5-13(11)18/h2-7,17-18H,14H2,1H3. The molecule has 0 fully saturated rings. The molecule has 0 saturated heterocycles. The van der Waals surface area contributed by atoms with Gasteiger partial charge < -0.3 is 10.2 Å². The first kappa shape index (κ1) is 13.6. The summed E-state index contributed by atoms with van der Waals surface area (Å²) in [5, 5.41) is 31.3. The van der Waals surface area contributed by atoms with Gasteiger partial charge in [0.15, 0.2) is 0 Å².